The molecule has 0 aliphatic carbocycles. The second kappa shape index (κ2) is 9.23. The maximum atomic E-state index is 13.1. The van der Waals surface area contributed by atoms with Crippen LogP contribution >= 0.6 is 0 Å². The van der Waals surface area contributed by atoms with Gasteiger partial charge in [-0.3, -0.25) is 9.59 Å². The van der Waals surface area contributed by atoms with Crippen LogP contribution < -0.4 is 21.1 Å². The maximum Gasteiger partial charge on any atom is 0.419 e. The molecule has 1 unspecified atom stereocenters. The number of alkyl halides is 3. The third-order valence-electron chi connectivity index (χ3n) is 3.72. The lowest BCUT2D eigenvalue weighted by atomic mass is 10.1. The summed E-state index contributed by atoms with van der Waals surface area (Å²) in [5.41, 5.74) is 4.78. The van der Waals surface area contributed by atoms with E-state index in [4.69, 9.17) is 10.5 Å². The van der Waals surface area contributed by atoms with Gasteiger partial charge in [0.1, 0.15) is 5.75 Å². The number of nitrogens with two attached hydrogens (primary N) is 1. The van der Waals surface area contributed by atoms with Crippen LogP contribution in [0.25, 0.3) is 0 Å². The highest BCUT2D eigenvalue weighted by Gasteiger charge is 2.34. The number of hydrogen-bond donors (Lipinski definition) is 3. The van der Waals surface area contributed by atoms with Gasteiger partial charge in [-0.15, -0.1) is 0 Å². The van der Waals surface area contributed by atoms with Crippen LogP contribution in [0.4, 0.5) is 18.9 Å². The second-order valence-corrected chi connectivity index (χ2v) is 5.83. The monoisotopic (exact) mass is 395 g/mol. The van der Waals surface area contributed by atoms with Crippen LogP contribution in [0.1, 0.15) is 22.8 Å². The van der Waals surface area contributed by atoms with Gasteiger partial charge in [-0.25, -0.2) is 0 Å². The quantitative estimate of drug-likeness (QED) is 0.672. The molecule has 6 nitrogen and oxygen atoms in total. The Hall–Kier alpha value is -3.07. The van der Waals surface area contributed by atoms with Gasteiger partial charge in [0.2, 0.25) is 0 Å². The molecule has 150 valence electrons. The molecule has 9 heteroatoms. The first-order valence-electron chi connectivity index (χ1n) is 8.45. The van der Waals surface area contributed by atoms with E-state index in [1.807, 2.05) is 0 Å². The molecule has 0 aliphatic heterocycles. The molecule has 0 heterocycles. The summed E-state index contributed by atoms with van der Waals surface area (Å²) in [6.45, 7) is 1.83. The van der Waals surface area contributed by atoms with Gasteiger partial charge in [-0.1, -0.05) is 24.3 Å². The van der Waals surface area contributed by atoms with Crippen molar-refractivity contribution in [1.29, 1.82) is 0 Å². The van der Waals surface area contributed by atoms with Crippen LogP contribution in [-0.4, -0.2) is 31.0 Å². The topological polar surface area (TPSA) is 93.4 Å². The molecule has 0 spiro atoms. The molecule has 0 aromatic heterocycles. The standard InChI is InChI=1S/C19H20F3N3O3/c1-12(28-16-9-5-3-7-14(16)19(20,21)22)17(26)25-15-8-4-2-6-13(15)18(27)24-11-10-23/h2-9,12H,10-11,23H2,1H3,(H,24,27)(H,25,26). The average molecular weight is 395 g/mol. The Morgan fingerprint density at radius 3 is 2.43 bits per heavy atom. The van der Waals surface area contributed by atoms with Crippen molar-refractivity contribution in [1.82, 2.24) is 5.32 Å². The Morgan fingerprint density at radius 2 is 1.75 bits per heavy atom. The number of rotatable bonds is 7. The second-order valence-electron chi connectivity index (χ2n) is 5.83. The Kier molecular flexibility index (Phi) is 7.00. The van der Waals surface area contributed by atoms with E-state index < -0.39 is 35.4 Å². The summed E-state index contributed by atoms with van der Waals surface area (Å²) < 4.78 is 44.4. The lowest BCUT2D eigenvalue weighted by Crippen LogP contribution is -2.33. The molecular weight excluding hydrogens is 375 g/mol. The van der Waals surface area contributed by atoms with Crippen molar-refractivity contribution in [3.63, 3.8) is 0 Å². The Balaban J connectivity index is 2.13. The third kappa shape index (κ3) is 5.46. The minimum Gasteiger partial charge on any atom is -0.480 e. The van der Waals surface area contributed by atoms with Gasteiger partial charge in [0.25, 0.3) is 11.8 Å². The fourth-order valence-corrected chi connectivity index (χ4v) is 2.35. The molecule has 0 radical (unpaired) electrons. The highest BCUT2D eigenvalue weighted by atomic mass is 19.4. The Labute approximate surface area is 159 Å². The first-order chi connectivity index (χ1) is 13.2. The molecule has 0 bridgehead atoms. The minimum atomic E-state index is -4.61. The van der Waals surface area contributed by atoms with Crippen molar-refractivity contribution < 1.29 is 27.5 Å². The lowest BCUT2D eigenvalue weighted by Gasteiger charge is -2.19. The normalized spacial score (nSPS) is 12.2. The predicted octanol–water partition coefficient (Wildman–Crippen LogP) is 2.80. The van der Waals surface area contributed by atoms with E-state index in [1.54, 1.807) is 12.1 Å². The van der Waals surface area contributed by atoms with E-state index in [1.165, 1.54) is 31.2 Å². The van der Waals surface area contributed by atoms with E-state index in [0.29, 0.717) is 0 Å². The summed E-state index contributed by atoms with van der Waals surface area (Å²) in [5.74, 6) is -1.58. The molecule has 0 fully saturated rings. The van der Waals surface area contributed by atoms with Crippen molar-refractivity contribution in [3.8, 4) is 5.75 Å². The van der Waals surface area contributed by atoms with Crippen LogP contribution in [0, 0.1) is 0 Å². The molecule has 2 rings (SSSR count). The average Bonchev–Trinajstić information content (AvgIpc) is 2.66. The summed E-state index contributed by atoms with van der Waals surface area (Å²) >= 11 is 0. The van der Waals surface area contributed by atoms with Crippen molar-refractivity contribution in [2.45, 2.75) is 19.2 Å². The number of hydrogen-bond acceptors (Lipinski definition) is 4. The van der Waals surface area contributed by atoms with Gasteiger partial charge in [0.05, 0.1) is 16.8 Å². The lowest BCUT2D eigenvalue weighted by molar-refractivity contribution is -0.140. The first-order valence-corrected chi connectivity index (χ1v) is 8.45. The van der Waals surface area contributed by atoms with Crippen molar-refractivity contribution in [3.05, 3.63) is 59.7 Å². The number of halogens is 3. The summed E-state index contributed by atoms with van der Waals surface area (Å²) in [7, 11) is 0. The third-order valence-corrected chi connectivity index (χ3v) is 3.72. The van der Waals surface area contributed by atoms with Gasteiger partial charge in [0, 0.05) is 13.1 Å². The SMILES string of the molecule is CC(Oc1ccccc1C(F)(F)F)C(=O)Nc1ccccc1C(=O)NCCN. The molecule has 2 aromatic rings. The molecular formula is C19H20F3N3O3. The summed E-state index contributed by atoms with van der Waals surface area (Å²) in [4.78, 5) is 24.5. The molecule has 0 saturated heterocycles. The van der Waals surface area contributed by atoms with Crippen molar-refractivity contribution >= 4 is 17.5 Å². The number of anilines is 1. The van der Waals surface area contributed by atoms with E-state index >= 15 is 0 Å². The Morgan fingerprint density at radius 1 is 1.11 bits per heavy atom. The number of nitrogens with one attached hydrogen (secondary N) is 2. The zero-order valence-electron chi connectivity index (χ0n) is 15.0. The van der Waals surface area contributed by atoms with E-state index in [9.17, 15) is 22.8 Å². The fraction of sp³-hybridized carbons (Fsp3) is 0.263. The number of amides is 2. The van der Waals surface area contributed by atoms with Crippen molar-refractivity contribution in [2.24, 2.45) is 5.73 Å². The first kappa shape index (κ1) is 21.2. The summed E-state index contributed by atoms with van der Waals surface area (Å²) in [6, 6.07) is 10.9. The van der Waals surface area contributed by atoms with E-state index in [-0.39, 0.29) is 24.3 Å². The van der Waals surface area contributed by atoms with E-state index in [0.717, 1.165) is 12.1 Å². The maximum absolute atomic E-state index is 13.1. The van der Waals surface area contributed by atoms with Crippen LogP contribution in [0.2, 0.25) is 0 Å². The smallest absolute Gasteiger partial charge is 0.419 e. The molecule has 0 aliphatic rings. The van der Waals surface area contributed by atoms with Gasteiger partial charge >= 0.3 is 6.18 Å². The number of carbonyl (C=O) groups is 2. The van der Waals surface area contributed by atoms with Crippen molar-refractivity contribution in [2.75, 3.05) is 18.4 Å². The zero-order valence-corrected chi connectivity index (χ0v) is 15.0. The summed E-state index contributed by atoms with van der Waals surface area (Å²) in [6.07, 6.45) is -5.84. The molecule has 1 atom stereocenters. The van der Waals surface area contributed by atoms with Gasteiger partial charge in [0.15, 0.2) is 6.10 Å². The molecule has 0 saturated carbocycles. The van der Waals surface area contributed by atoms with Crippen LogP contribution in [0.5, 0.6) is 5.75 Å². The largest absolute Gasteiger partial charge is 0.480 e. The highest BCUT2D eigenvalue weighted by molar-refractivity contribution is 6.04. The number of carbonyl (C=O) groups excluding carboxylic acids is 2. The van der Waals surface area contributed by atoms with Gasteiger partial charge in [-0.05, 0) is 31.2 Å². The number of ether oxygens (including phenoxy) is 1. The number of benzene rings is 2. The number of para-hydroxylation sites is 2. The molecule has 28 heavy (non-hydrogen) atoms. The molecule has 4 N–H and O–H groups in total. The van der Waals surface area contributed by atoms with Crippen LogP contribution in [0.3, 0.4) is 0 Å². The van der Waals surface area contributed by atoms with Gasteiger partial charge in [-0.2, -0.15) is 13.2 Å². The zero-order chi connectivity index (χ0) is 20.7. The van der Waals surface area contributed by atoms with Gasteiger partial charge < -0.3 is 21.1 Å². The van der Waals surface area contributed by atoms with Crippen LogP contribution in [0.15, 0.2) is 48.5 Å². The molecule has 2 amide bonds. The summed E-state index contributed by atoms with van der Waals surface area (Å²) in [5, 5.41) is 5.09. The Bertz CT molecular complexity index is 840. The highest BCUT2D eigenvalue weighted by Crippen LogP contribution is 2.36. The van der Waals surface area contributed by atoms with E-state index in [2.05, 4.69) is 10.6 Å². The predicted molar refractivity (Wildman–Crippen MR) is 98.0 cm³/mol. The van der Waals surface area contributed by atoms with Crippen LogP contribution in [-0.2, 0) is 11.0 Å². The minimum absolute atomic E-state index is 0.201. The fourth-order valence-electron chi connectivity index (χ4n) is 2.35. The molecule has 2 aromatic carbocycles.